The normalized spacial score (nSPS) is 11.2. The number of nitrogens with one attached hydrogen (secondary N) is 2. The van der Waals surface area contributed by atoms with Crippen molar-refractivity contribution in [2.24, 2.45) is 4.99 Å². The maximum Gasteiger partial charge on any atom is 0.191 e. The number of hydrogen-bond donors (Lipinski definition) is 2. The SMILES string of the molecule is CCNC(=NCc1ccc(-n2ccnc2)c(F)c1)NCCc1csc(C)n1.I. The van der Waals surface area contributed by atoms with Crippen molar-refractivity contribution in [1.29, 1.82) is 0 Å². The molecule has 1 aromatic carbocycles. The van der Waals surface area contributed by atoms with Gasteiger partial charge in [-0.2, -0.15) is 0 Å². The van der Waals surface area contributed by atoms with E-state index < -0.39 is 0 Å². The molecule has 6 nitrogen and oxygen atoms in total. The molecule has 0 aliphatic carbocycles. The molecule has 0 atom stereocenters. The zero-order chi connectivity index (χ0) is 19.1. The summed E-state index contributed by atoms with van der Waals surface area (Å²) < 4.78 is 16.0. The fourth-order valence-corrected chi connectivity index (χ4v) is 3.25. The summed E-state index contributed by atoms with van der Waals surface area (Å²) in [5, 5.41) is 9.65. The van der Waals surface area contributed by atoms with Crippen LogP contribution in [0.3, 0.4) is 0 Å². The van der Waals surface area contributed by atoms with Crippen LogP contribution in [0.1, 0.15) is 23.2 Å². The molecular weight excluding hydrogens is 490 g/mol. The third-order valence-corrected chi connectivity index (χ3v) is 4.72. The van der Waals surface area contributed by atoms with Crippen LogP contribution in [-0.4, -0.2) is 33.6 Å². The van der Waals surface area contributed by atoms with Crippen molar-refractivity contribution in [1.82, 2.24) is 25.2 Å². The molecule has 0 fully saturated rings. The predicted octanol–water partition coefficient (Wildman–Crippen LogP) is 3.69. The molecule has 3 rings (SSSR count). The van der Waals surface area contributed by atoms with Crippen LogP contribution in [0, 0.1) is 12.7 Å². The van der Waals surface area contributed by atoms with Crippen LogP contribution in [0.4, 0.5) is 4.39 Å². The monoisotopic (exact) mass is 514 g/mol. The lowest BCUT2D eigenvalue weighted by molar-refractivity contribution is 0.615. The van der Waals surface area contributed by atoms with Crippen LogP contribution in [0.5, 0.6) is 0 Å². The highest BCUT2D eigenvalue weighted by Crippen LogP contribution is 2.15. The van der Waals surface area contributed by atoms with E-state index in [9.17, 15) is 4.39 Å². The Hall–Kier alpha value is -2.01. The fraction of sp³-hybridized carbons (Fsp3) is 0.316. The van der Waals surface area contributed by atoms with Crippen LogP contribution in [0.2, 0.25) is 0 Å². The number of rotatable bonds is 7. The van der Waals surface area contributed by atoms with Gasteiger partial charge in [-0.25, -0.2) is 19.4 Å². The summed E-state index contributed by atoms with van der Waals surface area (Å²) in [5.74, 6) is 0.418. The zero-order valence-electron chi connectivity index (χ0n) is 15.9. The van der Waals surface area contributed by atoms with Crippen LogP contribution in [0.15, 0.2) is 47.3 Å². The second-order valence-corrected chi connectivity index (χ2v) is 7.05. The van der Waals surface area contributed by atoms with Crippen molar-refractivity contribution in [3.05, 3.63) is 64.4 Å². The fourth-order valence-electron chi connectivity index (χ4n) is 2.60. The Morgan fingerprint density at radius 3 is 2.82 bits per heavy atom. The van der Waals surface area contributed by atoms with Crippen molar-refractivity contribution in [2.75, 3.05) is 13.1 Å². The average Bonchev–Trinajstić information content (AvgIpc) is 3.32. The van der Waals surface area contributed by atoms with Crippen molar-refractivity contribution in [2.45, 2.75) is 26.8 Å². The molecule has 0 spiro atoms. The van der Waals surface area contributed by atoms with Gasteiger partial charge in [0.2, 0.25) is 0 Å². The van der Waals surface area contributed by atoms with Crippen LogP contribution in [-0.2, 0) is 13.0 Å². The molecule has 0 aliphatic rings. The number of guanidine groups is 1. The first-order valence-corrected chi connectivity index (χ1v) is 9.73. The molecule has 2 heterocycles. The number of aryl methyl sites for hydroxylation is 1. The zero-order valence-corrected chi connectivity index (χ0v) is 19.0. The lowest BCUT2D eigenvalue weighted by Crippen LogP contribution is -2.38. The van der Waals surface area contributed by atoms with Gasteiger partial charge in [0, 0.05) is 37.3 Å². The molecule has 0 radical (unpaired) electrons. The molecule has 0 amide bonds. The van der Waals surface area contributed by atoms with Crippen LogP contribution in [0.25, 0.3) is 5.69 Å². The number of imidazole rings is 1. The first kappa shape index (κ1) is 22.3. The van der Waals surface area contributed by atoms with Gasteiger partial charge in [-0.3, -0.25) is 0 Å². The number of aliphatic imine (C=N–C) groups is 1. The number of hydrogen-bond acceptors (Lipinski definition) is 4. The predicted molar refractivity (Wildman–Crippen MR) is 122 cm³/mol. The van der Waals surface area contributed by atoms with Gasteiger partial charge in [0.15, 0.2) is 5.96 Å². The molecule has 0 saturated heterocycles. The molecule has 3 aromatic rings. The second kappa shape index (κ2) is 11.1. The summed E-state index contributed by atoms with van der Waals surface area (Å²) in [5.41, 5.74) is 2.37. The number of benzene rings is 1. The molecule has 2 N–H and O–H groups in total. The van der Waals surface area contributed by atoms with E-state index in [4.69, 9.17) is 0 Å². The molecule has 0 aliphatic heterocycles. The Labute approximate surface area is 185 Å². The molecule has 0 bridgehead atoms. The highest BCUT2D eigenvalue weighted by atomic mass is 127. The van der Waals surface area contributed by atoms with E-state index in [1.165, 1.54) is 6.07 Å². The molecule has 9 heteroatoms. The van der Waals surface area contributed by atoms with E-state index in [0.29, 0.717) is 18.2 Å². The minimum absolute atomic E-state index is 0. The minimum atomic E-state index is -0.294. The highest BCUT2D eigenvalue weighted by Gasteiger charge is 2.06. The van der Waals surface area contributed by atoms with Gasteiger partial charge in [-0.05, 0) is 31.5 Å². The summed E-state index contributed by atoms with van der Waals surface area (Å²) in [6.45, 7) is 5.91. The van der Waals surface area contributed by atoms with Gasteiger partial charge in [-0.1, -0.05) is 6.07 Å². The first-order chi connectivity index (χ1) is 13.2. The number of thiazole rings is 1. The molecule has 150 valence electrons. The van der Waals surface area contributed by atoms with Gasteiger partial charge in [-0.15, -0.1) is 35.3 Å². The van der Waals surface area contributed by atoms with E-state index in [2.05, 4.69) is 31.0 Å². The van der Waals surface area contributed by atoms with E-state index in [1.54, 1.807) is 40.7 Å². The van der Waals surface area contributed by atoms with Crippen molar-refractivity contribution >= 4 is 41.3 Å². The highest BCUT2D eigenvalue weighted by molar-refractivity contribution is 14.0. The Morgan fingerprint density at radius 2 is 2.18 bits per heavy atom. The van der Waals surface area contributed by atoms with E-state index in [-0.39, 0.29) is 29.8 Å². The number of aromatic nitrogens is 3. The van der Waals surface area contributed by atoms with Crippen molar-refractivity contribution in [3.63, 3.8) is 0 Å². The topological polar surface area (TPSA) is 67.1 Å². The Morgan fingerprint density at radius 1 is 1.32 bits per heavy atom. The van der Waals surface area contributed by atoms with Crippen LogP contribution < -0.4 is 10.6 Å². The molecule has 28 heavy (non-hydrogen) atoms. The smallest absolute Gasteiger partial charge is 0.191 e. The van der Waals surface area contributed by atoms with Gasteiger partial charge in [0.1, 0.15) is 5.82 Å². The Kier molecular flexibility index (Phi) is 8.84. The lowest BCUT2D eigenvalue weighted by atomic mass is 10.2. The van der Waals surface area contributed by atoms with E-state index in [1.807, 2.05) is 19.9 Å². The van der Waals surface area contributed by atoms with Gasteiger partial charge < -0.3 is 15.2 Å². The van der Waals surface area contributed by atoms with Gasteiger partial charge >= 0.3 is 0 Å². The maximum atomic E-state index is 14.3. The van der Waals surface area contributed by atoms with E-state index in [0.717, 1.165) is 35.8 Å². The third kappa shape index (κ3) is 6.26. The Bertz CT molecular complexity index is 894. The van der Waals surface area contributed by atoms with Crippen molar-refractivity contribution in [3.8, 4) is 5.69 Å². The van der Waals surface area contributed by atoms with E-state index >= 15 is 0 Å². The van der Waals surface area contributed by atoms with Gasteiger partial charge in [0.25, 0.3) is 0 Å². The standard InChI is InChI=1S/C19H23FN6S.HI/c1-3-22-19(23-7-6-16-12-27-14(2)25-16)24-11-15-4-5-18(17(20)10-15)26-9-8-21-13-26;/h4-5,8-10,12-13H,3,6-7,11H2,1-2H3,(H2,22,23,24);1H. The van der Waals surface area contributed by atoms with Crippen molar-refractivity contribution < 1.29 is 4.39 Å². The minimum Gasteiger partial charge on any atom is -0.357 e. The Balaban J connectivity index is 0.00000280. The first-order valence-electron chi connectivity index (χ1n) is 8.85. The molecular formula is C19H24FIN6S. The lowest BCUT2D eigenvalue weighted by Gasteiger charge is -2.11. The molecule has 0 unspecified atom stereocenters. The molecule has 2 aromatic heterocycles. The summed E-state index contributed by atoms with van der Waals surface area (Å²) in [6, 6.07) is 5.14. The third-order valence-electron chi connectivity index (χ3n) is 3.90. The molecule has 0 saturated carbocycles. The summed E-state index contributed by atoms with van der Waals surface area (Å²) in [7, 11) is 0. The quantitative estimate of drug-likeness (QED) is 0.287. The van der Waals surface area contributed by atoms with Gasteiger partial charge in [0.05, 0.1) is 29.3 Å². The summed E-state index contributed by atoms with van der Waals surface area (Å²) in [6.07, 6.45) is 5.75. The maximum absolute atomic E-state index is 14.3. The number of nitrogens with zero attached hydrogens (tertiary/aromatic N) is 4. The average molecular weight is 514 g/mol. The van der Waals surface area contributed by atoms with Crippen LogP contribution >= 0.6 is 35.3 Å². The number of halogens is 2. The summed E-state index contributed by atoms with van der Waals surface area (Å²) in [4.78, 5) is 12.9. The largest absolute Gasteiger partial charge is 0.357 e. The second-order valence-electron chi connectivity index (χ2n) is 5.99. The summed E-state index contributed by atoms with van der Waals surface area (Å²) >= 11 is 1.66.